The molecule has 1 aromatic heterocycles. The van der Waals surface area contributed by atoms with E-state index in [1.165, 1.54) is 14.1 Å². The first-order chi connectivity index (χ1) is 8.56. The fourth-order valence-electron chi connectivity index (χ4n) is 1.37. The first kappa shape index (κ1) is 14.0. The van der Waals surface area contributed by atoms with Crippen molar-refractivity contribution in [3.63, 3.8) is 0 Å². The van der Waals surface area contributed by atoms with Crippen molar-refractivity contribution in [3.05, 3.63) is 23.1 Å². The highest BCUT2D eigenvalue weighted by atomic mass is 32.1. The number of nitrogens with two attached hydrogens (primary N) is 1. The Morgan fingerprint density at radius 1 is 1.33 bits per heavy atom. The molecule has 0 fully saturated rings. The molecular formula is C11H16N4O2S. The molecule has 5 N–H and O–H groups in total. The summed E-state index contributed by atoms with van der Waals surface area (Å²) in [5.74, 6) is -0.639. The van der Waals surface area contributed by atoms with Crippen LogP contribution in [-0.4, -0.2) is 32.5 Å². The Morgan fingerprint density at radius 3 is 2.44 bits per heavy atom. The number of carbonyl (C=O) groups is 2. The van der Waals surface area contributed by atoms with Gasteiger partial charge in [-0.2, -0.15) is 0 Å². The van der Waals surface area contributed by atoms with Crippen LogP contribution in [0.4, 0.5) is 10.7 Å². The summed E-state index contributed by atoms with van der Waals surface area (Å²) in [6, 6.07) is 0. The monoisotopic (exact) mass is 268 g/mol. The highest BCUT2D eigenvalue weighted by Crippen LogP contribution is 2.35. The molecule has 7 heteroatoms. The fraction of sp³-hybridized carbons (Fsp3) is 0.273. The summed E-state index contributed by atoms with van der Waals surface area (Å²) in [6.45, 7) is 4.07. The number of carbonyl (C=O) groups excluding carboxylic acids is 2. The average Bonchev–Trinajstić information content (AvgIpc) is 2.71. The van der Waals surface area contributed by atoms with E-state index in [9.17, 15) is 9.59 Å². The number of hydrogen-bond donors (Lipinski definition) is 4. The first-order valence-electron chi connectivity index (χ1n) is 5.28. The second-order valence-electron chi connectivity index (χ2n) is 3.38. The van der Waals surface area contributed by atoms with Gasteiger partial charge in [-0.3, -0.25) is 9.59 Å². The maximum absolute atomic E-state index is 11.8. The van der Waals surface area contributed by atoms with Gasteiger partial charge >= 0.3 is 0 Å². The zero-order chi connectivity index (χ0) is 13.7. The van der Waals surface area contributed by atoms with E-state index in [1.54, 1.807) is 6.08 Å². The van der Waals surface area contributed by atoms with Gasteiger partial charge in [0.05, 0.1) is 11.3 Å². The Kier molecular flexibility index (Phi) is 4.73. The van der Waals surface area contributed by atoms with E-state index in [4.69, 9.17) is 5.73 Å². The zero-order valence-corrected chi connectivity index (χ0v) is 11.1. The molecule has 0 saturated carbocycles. The van der Waals surface area contributed by atoms with Crippen molar-refractivity contribution >= 4 is 33.8 Å². The molecule has 1 aromatic rings. The summed E-state index contributed by atoms with van der Waals surface area (Å²) >= 11 is 1.15. The quantitative estimate of drug-likeness (QED) is 0.589. The van der Waals surface area contributed by atoms with E-state index in [1.807, 2.05) is 0 Å². The number of nitrogen functional groups attached to an aromatic ring is 1. The minimum atomic E-state index is -0.328. The van der Waals surface area contributed by atoms with Crippen molar-refractivity contribution < 1.29 is 9.59 Å². The van der Waals surface area contributed by atoms with E-state index in [2.05, 4.69) is 22.5 Å². The van der Waals surface area contributed by atoms with Gasteiger partial charge in [-0.15, -0.1) is 17.9 Å². The Hall–Kier alpha value is -2.02. The third kappa shape index (κ3) is 2.62. The minimum absolute atomic E-state index is 0.185. The minimum Gasteiger partial charge on any atom is -0.397 e. The number of rotatable bonds is 5. The number of hydrogen-bond acceptors (Lipinski definition) is 5. The third-order valence-electron chi connectivity index (χ3n) is 2.24. The van der Waals surface area contributed by atoms with Crippen molar-refractivity contribution in [3.8, 4) is 0 Å². The lowest BCUT2D eigenvalue weighted by Gasteiger charge is -2.04. The highest BCUT2D eigenvalue weighted by molar-refractivity contribution is 7.19. The number of nitrogens with one attached hydrogen (secondary N) is 3. The second kappa shape index (κ2) is 6.06. The number of thiophene rings is 1. The lowest BCUT2D eigenvalue weighted by Crippen LogP contribution is -2.21. The fourth-order valence-corrected chi connectivity index (χ4v) is 2.44. The molecule has 0 saturated heterocycles. The summed E-state index contributed by atoms with van der Waals surface area (Å²) in [5, 5.41) is 8.55. The van der Waals surface area contributed by atoms with Crippen molar-refractivity contribution in [2.75, 3.05) is 31.7 Å². The molecule has 0 spiro atoms. The van der Waals surface area contributed by atoms with Gasteiger partial charge in [-0.25, -0.2) is 0 Å². The predicted molar refractivity (Wildman–Crippen MR) is 74.2 cm³/mol. The molecule has 1 rings (SSSR count). The van der Waals surface area contributed by atoms with Gasteiger partial charge in [0.25, 0.3) is 11.8 Å². The van der Waals surface area contributed by atoms with E-state index < -0.39 is 0 Å². The van der Waals surface area contributed by atoms with Gasteiger partial charge in [-0.1, -0.05) is 6.08 Å². The average molecular weight is 268 g/mol. The van der Waals surface area contributed by atoms with Gasteiger partial charge < -0.3 is 21.7 Å². The van der Waals surface area contributed by atoms with Crippen LogP contribution in [0.5, 0.6) is 0 Å². The highest BCUT2D eigenvalue weighted by Gasteiger charge is 2.24. The van der Waals surface area contributed by atoms with Gasteiger partial charge in [-0.05, 0) is 0 Å². The standard InChI is InChI=1S/C11H16N4O2S/c1-4-5-15-11-6(9(16)13-2)7(12)8(18-11)10(17)14-3/h4,15H,1,5,12H2,2-3H3,(H,13,16)(H,14,17). The molecule has 0 radical (unpaired) electrons. The number of anilines is 2. The van der Waals surface area contributed by atoms with Crippen LogP contribution in [0.3, 0.4) is 0 Å². The maximum Gasteiger partial charge on any atom is 0.263 e. The normalized spacial score (nSPS) is 9.67. The van der Waals surface area contributed by atoms with Crippen LogP contribution >= 0.6 is 11.3 Å². The van der Waals surface area contributed by atoms with Crippen molar-refractivity contribution in [2.45, 2.75) is 0 Å². The number of amides is 2. The molecule has 6 nitrogen and oxygen atoms in total. The van der Waals surface area contributed by atoms with Gasteiger partial charge in [0.2, 0.25) is 0 Å². The Bertz CT molecular complexity index is 482. The van der Waals surface area contributed by atoms with Gasteiger partial charge in [0.15, 0.2) is 0 Å². The molecule has 0 unspecified atom stereocenters. The van der Waals surface area contributed by atoms with E-state index in [-0.39, 0.29) is 17.5 Å². The first-order valence-corrected chi connectivity index (χ1v) is 6.09. The van der Waals surface area contributed by atoms with Crippen LogP contribution in [-0.2, 0) is 0 Å². The molecule has 0 atom stereocenters. The molecule has 0 aliphatic carbocycles. The molecule has 0 aliphatic heterocycles. The largest absolute Gasteiger partial charge is 0.397 e. The maximum atomic E-state index is 11.8. The van der Waals surface area contributed by atoms with E-state index >= 15 is 0 Å². The van der Waals surface area contributed by atoms with E-state index in [0.29, 0.717) is 22.0 Å². The summed E-state index contributed by atoms with van der Waals surface area (Å²) in [5.41, 5.74) is 6.33. The molecule has 18 heavy (non-hydrogen) atoms. The lowest BCUT2D eigenvalue weighted by atomic mass is 10.2. The summed E-state index contributed by atoms with van der Waals surface area (Å²) in [6.07, 6.45) is 1.66. The van der Waals surface area contributed by atoms with Gasteiger partial charge in [0.1, 0.15) is 9.88 Å². The second-order valence-corrected chi connectivity index (χ2v) is 4.40. The molecule has 98 valence electrons. The summed E-state index contributed by atoms with van der Waals surface area (Å²) in [4.78, 5) is 23.7. The third-order valence-corrected chi connectivity index (χ3v) is 3.40. The molecule has 0 bridgehead atoms. The Morgan fingerprint density at radius 2 is 1.94 bits per heavy atom. The smallest absolute Gasteiger partial charge is 0.263 e. The summed E-state index contributed by atoms with van der Waals surface area (Å²) < 4.78 is 0. The molecule has 0 aliphatic rings. The van der Waals surface area contributed by atoms with Crippen molar-refractivity contribution in [2.24, 2.45) is 0 Å². The zero-order valence-electron chi connectivity index (χ0n) is 10.3. The lowest BCUT2D eigenvalue weighted by molar-refractivity contribution is 0.0963. The Balaban J connectivity index is 3.26. The van der Waals surface area contributed by atoms with Crippen LogP contribution in [0.1, 0.15) is 20.0 Å². The Labute approximate surface area is 109 Å². The van der Waals surface area contributed by atoms with Crippen LogP contribution < -0.4 is 21.7 Å². The topological polar surface area (TPSA) is 96.2 Å². The SMILES string of the molecule is C=CCNc1sc(C(=O)NC)c(N)c1C(=O)NC. The molecule has 2 amide bonds. The van der Waals surface area contributed by atoms with Crippen LogP contribution in [0.25, 0.3) is 0 Å². The van der Waals surface area contributed by atoms with Crippen LogP contribution in [0.15, 0.2) is 12.7 Å². The van der Waals surface area contributed by atoms with Crippen LogP contribution in [0, 0.1) is 0 Å². The van der Waals surface area contributed by atoms with Crippen LogP contribution in [0.2, 0.25) is 0 Å². The van der Waals surface area contributed by atoms with Crippen molar-refractivity contribution in [1.29, 1.82) is 0 Å². The van der Waals surface area contributed by atoms with Crippen molar-refractivity contribution in [1.82, 2.24) is 10.6 Å². The predicted octanol–water partition coefficient (Wildman–Crippen LogP) is 0.647. The van der Waals surface area contributed by atoms with Gasteiger partial charge in [0, 0.05) is 20.6 Å². The molecule has 0 aromatic carbocycles. The molecular weight excluding hydrogens is 252 g/mol. The van der Waals surface area contributed by atoms with E-state index in [0.717, 1.165) is 11.3 Å². The molecule has 1 heterocycles. The summed E-state index contributed by atoms with van der Waals surface area (Å²) in [7, 11) is 3.02.